The Morgan fingerprint density at radius 1 is 1.29 bits per heavy atom. The molecule has 0 saturated heterocycles. The first-order chi connectivity index (χ1) is 9.23. The predicted octanol–water partition coefficient (Wildman–Crippen LogP) is 1.37. The number of guanidine groups is 1. The number of aliphatic imine (C=N–C) groups is 1. The Labute approximate surface area is 143 Å². The average molecular weight is 426 g/mol. The highest BCUT2D eigenvalue weighted by molar-refractivity contribution is 14.0. The third-order valence-corrected chi connectivity index (χ3v) is 4.40. The van der Waals surface area contributed by atoms with Crippen LogP contribution in [0.5, 0.6) is 0 Å². The van der Waals surface area contributed by atoms with E-state index in [9.17, 15) is 8.42 Å². The van der Waals surface area contributed by atoms with E-state index in [1.165, 1.54) is 18.4 Å². The van der Waals surface area contributed by atoms with E-state index in [4.69, 9.17) is 5.73 Å². The summed E-state index contributed by atoms with van der Waals surface area (Å²) in [7, 11) is -0.369. The van der Waals surface area contributed by atoms with Crippen LogP contribution in [0.3, 0.4) is 0 Å². The van der Waals surface area contributed by atoms with Crippen LogP contribution in [0.2, 0.25) is 0 Å². The second kappa shape index (κ2) is 8.54. The Bertz CT molecular complexity index is 568. The molecule has 0 aliphatic carbocycles. The maximum absolute atomic E-state index is 11.9. The molecule has 0 atom stereocenters. The lowest BCUT2D eigenvalue weighted by molar-refractivity contribution is 0.520. The fourth-order valence-corrected chi connectivity index (χ4v) is 2.40. The molecule has 1 rings (SSSR count). The summed E-state index contributed by atoms with van der Waals surface area (Å²) in [6.07, 6.45) is 0. The fourth-order valence-electron chi connectivity index (χ4n) is 1.50. The zero-order valence-electron chi connectivity index (χ0n) is 12.7. The normalized spacial score (nSPS) is 12.4. The number of rotatable bonds is 5. The number of nitrogens with one attached hydrogen (secondary N) is 1. The van der Waals surface area contributed by atoms with Crippen molar-refractivity contribution >= 4 is 40.0 Å². The Morgan fingerprint density at radius 2 is 1.81 bits per heavy atom. The van der Waals surface area contributed by atoms with E-state index in [2.05, 4.69) is 10.3 Å². The number of benzene rings is 1. The summed E-state index contributed by atoms with van der Waals surface area (Å²) in [5.41, 5.74) is 6.60. The largest absolute Gasteiger partial charge is 0.370 e. The first-order valence-electron chi connectivity index (χ1n) is 6.31. The summed E-state index contributed by atoms with van der Waals surface area (Å²) >= 11 is 0. The van der Waals surface area contributed by atoms with E-state index in [1.807, 2.05) is 13.8 Å². The molecule has 0 fully saturated rings. The molecule has 6 nitrogen and oxygen atoms in total. The monoisotopic (exact) mass is 426 g/mol. The Morgan fingerprint density at radius 3 is 2.24 bits per heavy atom. The third kappa shape index (κ3) is 6.18. The van der Waals surface area contributed by atoms with Crippen molar-refractivity contribution in [1.82, 2.24) is 9.62 Å². The van der Waals surface area contributed by atoms with Crippen molar-refractivity contribution in [2.45, 2.75) is 31.3 Å². The van der Waals surface area contributed by atoms with Crippen LogP contribution < -0.4 is 11.1 Å². The second-order valence-electron chi connectivity index (χ2n) is 4.93. The summed E-state index contributed by atoms with van der Waals surface area (Å²) in [6.45, 7) is 4.36. The quantitative estimate of drug-likeness (QED) is 0.423. The van der Waals surface area contributed by atoms with Crippen LogP contribution in [0.15, 0.2) is 34.2 Å². The van der Waals surface area contributed by atoms with E-state index in [0.29, 0.717) is 12.5 Å². The van der Waals surface area contributed by atoms with Crippen molar-refractivity contribution in [1.29, 1.82) is 0 Å². The van der Waals surface area contributed by atoms with Gasteiger partial charge in [0.15, 0.2) is 5.96 Å². The van der Waals surface area contributed by atoms with E-state index in [-0.39, 0.29) is 34.9 Å². The van der Waals surface area contributed by atoms with Crippen molar-refractivity contribution < 1.29 is 8.42 Å². The SMILES string of the molecule is CC(C)NC(N)=NCc1ccc(S(=O)(=O)N(C)C)cc1.I. The maximum Gasteiger partial charge on any atom is 0.242 e. The number of hydrogen-bond acceptors (Lipinski definition) is 3. The van der Waals surface area contributed by atoms with Gasteiger partial charge in [0, 0.05) is 20.1 Å². The lowest BCUT2D eigenvalue weighted by atomic mass is 10.2. The lowest BCUT2D eigenvalue weighted by Crippen LogP contribution is -2.36. The van der Waals surface area contributed by atoms with Crippen molar-refractivity contribution in [3.05, 3.63) is 29.8 Å². The van der Waals surface area contributed by atoms with Crippen molar-refractivity contribution in [2.75, 3.05) is 14.1 Å². The number of hydrogen-bond donors (Lipinski definition) is 2. The first-order valence-corrected chi connectivity index (χ1v) is 7.75. The molecule has 0 saturated carbocycles. The molecule has 0 aliphatic heterocycles. The van der Waals surface area contributed by atoms with Gasteiger partial charge in [-0.25, -0.2) is 17.7 Å². The molecule has 0 spiro atoms. The molecule has 1 aromatic carbocycles. The van der Waals surface area contributed by atoms with Gasteiger partial charge in [0.2, 0.25) is 10.0 Å². The molecule has 0 unspecified atom stereocenters. The van der Waals surface area contributed by atoms with E-state index in [1.54, 1.807) is 24.3 Å². The number of halogens is 1. The molecule has 8 heteroatoms. The summed E-state index contributed by atoms with van der Waals surface area (Å²) in [4.78, 5) is 4.45. The van der Waals surface area contributed by atoms with Crippen molar-refractivity contribution in [3.8, 4) is 0 Å². The molecule has 0 radical (unpaired) electrons. The molecule has 120 valence electrons. The first kappa shape index (κ1) is 20.1. The molecule has 0 aromatic heterocycles. The molecular formula is C13H23IN4O2S. The van der Waals surface area contributed by atoms with Crippen LogP contribution >= 0.6 is 24.0 Å². The molecule has 0 bridgehead atoms. The van der Waals surface area contributed by atoms with Gasteiger partial charge in [-0.1, -0.05) is 12.1 Å². The van der Waals surface area contributed by atoms with E-state index in [0.717, 1.165) is 5.56 Å². The molecule has 0 heterocycles. The van der Waals surface area contributed by atoms with Gasteiger partial charge < -0.3 is 11.1 Å². The number of nitrogens with two attached hydrogens (primary N) is 1. The lowest BCUT2D eigenvalue weighted by Gasteiger charge is -2.11. The molecule has 0 aliphatic rings. The van der Waals surface area contributed by atoms with E-state index < -0.39 is 10.0 Å². The predicted molar refractivity (Wildman–Crippen MR) is 96.3 cm³/mol. The fraction of sp³-hybridized carbons (Fsp3) is 0.462. The summed E-state index contributed by atoms with van der Waals surface area (Å²) in [6, 6.07) is 6.86. The van der Waals surface area contributed by atoms with Gasteiger partial charge in [-0.05, 0) is 31.5 Å². The standard InChI is InChI=1S/C13H22N4O2S.HI/c1-10(2)16-13(14)15-9-11-5-7-12(8-6-11)20(18,19)17(3)4;/h5-8,10H,9H2,1-4H3,(H3,14,15,16);1H. The van der Waals surface area contributed by atoms with Gasteiger partial charge in [-0.15, -0.1) is 24.0 Å². The van der Waals surface area contributed by atoms with Gasteiger partial charge in [0.25, 0.3) is 0 Å². The highest BCUT2D eigenvalue weighted by Crippen LogP contribution is 2.14. The van der Waals surface area contributed by atoms with Crippen LogP contribution in [-0.2, 0) is 16.6 Å². The average Bonchev–Trinajstić information content (AvgIpc) is 2.36. The van der Waals surface area contributed by atoms with Crippen LogP contribution in [0.1, 0.15) is 19.4 Å². The topological polar surface area (TPSA) is 87.8 Å². The highest BCUT2D eigenvalue weighted by Gasteiger charge is 2.16. The Hall–Kier alpha value is -0.870. The Kier molecular flexibility index (Phi) is 8.19. The number of nitrogens with zero attached hydrogens (tertiary/aromatic N) is 2. The summed E-state index contributed by atoms with van der Waals surface area (Å²) in [5.74, 6) is 0.380. The van der Waals surface area contributed by atoms with Crippen LogP contribution in [-0.4, -0.2) is 38.8 Å². The van der Waals surface area contributed by atoms with Gasteiger partial charge in [0.05, 0.1) is 11.4 Å². The van der Waals surface area contributed by atoms with Crippen molar-refractivity contribution in [3.63, 3.8) is 0 Å². The molecule has 21 heavy (non-hydrogen) atoms. The van der Waals surface area contributed by atoms with Gasteiger partial charge in [0.1, 0.15) is 0 Å². The van der Waals surface area contributed by atoms with Gasteiger partial charge in [-0.3, -0.25) is 0 Å². The minimum Gasteiger partial charge on any atom is -0.370 e. The van der Waals surface area contributed by atoms with Crippen LogP contribution in [0.25, 0.3) is 0 Å². The zero-order chi connectivity index (χ0) is 15.3. The Balaban J connectivity index is 0.00000400. The third-order valence-electron chi connectivity index (χ3n) is 2.57. The maximum atomic E-state index is 11.9. The summed E-state index contributed by atoms with van der Waals surface area (Å²) < 4.78 is 25.0. The molecule has 3 N–H and O–H groups in total. The molecular weight excluding hydrogens is 403 g/mol. The molecule has 1 aromatic rings. The minimum atomic E-state index is -3.38. The minimum absolute atomic E-state index is 0. The van der Waals surface area contributed by atoms with Crippen LogP contribution in [0.4, 0.5) is 0 Å². The number of sulfonamides is 1. The zero-order valence-corrected chi connectivity index (χ0v) is 15.8. The van der Waals surface area contributed by atoms with Gasteiger partial charge >= 0.3 is 0 Å². The summed E-state index contributed by atoms with van der Waals surface area (Å²) in [5, 5.41) is 2.99. The van der Waals surface area contributed by atoms with E-state index >= 15 is 0 Å². The van der Waals surface area contributed by atoms with Crippen LogP contribution in [0, 0.1) is 0 Å². The van der Waals surface area contributed by atoms with Crippen molar-refractivity contribution in [2.24, 2.45) is 10.7 Å². The second-order valence-corrected chi connectivity index (χ2v) is 7.08. The highest BCUT2D eigenvalue weighted by atomic mass is 127. The van der Waals surface area contributed by atoms with Gasteiger partial charge in [-0.2, -0.15) is 0 Å². The smallest absolute Gasteiger partial charge is 0.242 e. The molecule has 0 amide bonds.